The highest BCUT2D eigenvalue weighted by atomic mass is 16.5. The van der Waals surface area contributed by atoms with Crippen LogP contribution in [0.25, 0.3) is 0 Å². The van der Waals surface area contributed by atoms with Gasteiger partial charge in [-0.1, -0.05) is 12.8 Å². The van der Waals surface area contributed by atoms with Crippen molar-refractivity contribution in [3.05, 3.63) is 0 Å². The van der Waals surface area contributed by atoms with E-state index in [0.717, 1.165) is 11.8 Å². The molecule has 62 valence electrons. The van der Waals surface area contributed by atoms with Crippen LogP contribution in [0.3, 0.4) is 0 Å². The quantitative estimate of drug-likeness (QED) is 0.517. The van der Waals surface area contributed by atoms with Crippen LogP contribution in [0, 0.1) is 11.8 Å². The molecule has 0 aromatic rings. The molecule has 3 aliphatic rings. The summed E-state index contributed by atoms with van der Waals surface area (Å²) in [5.74, 6) is 1.95. The molecule has 3 fully saturated rings. The van der Waals surface area contributed by atoms with E-state index in [1.165, 1.54) is 38.5 Å². The Bertz CT molecular complexity index is 148. The van der Waals surface area contributed by atoms with Crippen LogP contribution in [-0.2, 0) is 4.74 Å². The van der Waals surface area contributed by atoms with Crippen molar-refractivity contribution in [3.8, 4) is 0 Å². The van der Waals surface area contributed by atoms with Crippen molar-refractivity contribution in [2.75, 3.05) is 0 Å². The average Bonchev–Trinajstić information content (AvgIpc) is 2.64. The summed E-state index contributed by atoms with van der Waals surface area (Å²) in [6.45, 7) is 0. The molecule has 0 aromatic carbocycles. The smallest absolute Gasteiger partial charge is 0.0611 e. The van der Waals surface area contributed by atoms with E-state index >= 15 is 0 Å². The molecule has 0 spiro atoms. The van der Waals surface area contributed by atoms with Crippen molar-refractivity contribution in [1.82, 2.24) is 0 Å². The van der Waals surface area contributed by atoms with Gasteiger partial charge in [0.15, 0.2) is 0 Å². The fraction of sp³-hybridized carbons (Fsp3) is 1.00. The zero-order valence-corrected chi connectivity index (χ0v) is 6.96. The Balaban J connectivity index is 1.84. The van der Waals surface area contributed by atoms with E-state index < -0.39 is 0 Å². The van der Waals surface area contributed by atoms with Gasteiger partial charge in [-0.25, -0.2) is 0 Å². The van der Waals surface area contributed by atoms with Gasteiger partial charge in [0.05, 0.1) is 12.2 Å². The SMILES string of the molecule is C1CC[C@@H]2[C@@H](C1)[C@@H]1CC[C@@H]2O1. The van der Waals surface area contributed by atoms with E-state index in [-0.39, 0.29) is 0 Å². The van der Waals surface area contributed by atoms with Gasteiger partial charge in [0.2, 0.25) is 0 Å². The minimum absolute atomic E-state index is 0.685. The van der Waals surface area contributed by atoms with Crippen molar-refractivity contribution < 1.29 is 4.74 Å². The molecule has 2 bridgehead atoms. The summed E-state index contributed by atoms with van der Waals surface area (Å²) in [5, 5.41) is 0. The molecular weight excluding hydrogens is 136 g/mol. The van der Waals surface area contributed by atoms with Crippen molar-refractivity contribution in [3.63, 3.8) is 0 Å². The van der Waals surface area contributed by atoms with Crippen LogP contribution in [0.1, 0.15) is 38.5 Å². The molecule has 0 amide bonds. The molecule has 1 saturated carbocycles. The molecule has 3 rings (SSSR count). The summed E-state index contributed by atoms with van der Waals surface area (Å²) in [6.07, 6.45) is 9.96. The maximum absolute atomic E-state index is 5.92. The minimum atomic E-state index is 0.685. The molecule has 0 N–H and O–H groups in total. The molecule has 1 aliphatic carbocycles. The molecule has 0 unspecified atom stereocenters. The lowest BCUT2D eigenvalue weighted by molar-refractivity contribution is 0.0876. The second-order valence-corrected chi connectivity index (χ2v) is 4.40. The first kappa shape index (κ1) is 6.47. The second kappa shape index (κ2) is 2.22. The van der Waals surface area contributed by atoms with Gasteiger partial charge < -0.3 is 4.74 Å². The molecule has 0 radical (unpaired) electrons. The third-order valence-electron chi connectivity index (χ3n) is 3.92. The van der Waals surface area contributed by atoms with E-state index in [1.807, 2.05) is 0 Å². The molecular formula is C10H16O. The molecule has 11 heavy (non-hydrogen) atoms. The van der Waals surface area contributed by atoms with Crippen LogP contribution in [0.15, 0.2) is 0 Å². The minimum Gasteiger partial charge on any atom is -0.374 e. The Morgan fingerprint density at radius 3 is 1.82 bits per heavy atom. The van der Waals surface area contributed by atoms with Gasteiger partial charge in [0, 0.05) is 0 Å². The van der Waals surface area contributed by atoms with Gasteiger partial charge in [-0.2, -0.15) is 0 Å². The first-order valence-corrected chi connectivity index (χ1v) is 5.10. The second-order valence-electron chi connectivity index (χ2n) is 4.40. The topological polar surface area (TPSA) is 9.23 Å². The predicted molar refractivity (Wildman–Crippen MR) is 43.3 cm³/mol. The van der Waals surface area contributed by atoms with Gasteiger partial charge in [-0.05, 0) is 37.5 Å². The first-order valence-electron chi connectivity index (χ1n) is 5.10. The van der Waals surface area contributed by atoms with Gasteiger partial charge in [-0.15, -0.1) is 0 Å². The Hall–Kier alpha value is -0.0400. The highest BCUT2D eigenvalue weighted by molar-refractivity contribution is 4.97. The molecule has 1 heteroatoms. The molecule has 2 aliphatic heterocycles. The highest BCUT2D eigenvalue weighted by Gasteiger charge is 2.48. The number of hydrogen-bond acceptors (Lipinski definition) is 1. The monoisotopic (exact) mass is 152 g/mol. The van der Waals surface area contributed by atoms with E-state index in [1.54, 1.807) is 0 Å². The van der Waals surface area contributed by atoms with Gasteiger partial charge >= 0.3 is 0 Å². The normalized spacial score (nSPS) is 54.5. The fourth-order valence-electron chi connectivity index (χ4n) is 3.43. The number of rotatable bonds is 0. The lowest BCUT2D eigenvalue weighted by Crippen LogP contribution is -2.29. The van der Waals surface area contributed by atoms with Gasteiger partial charge in [0.1, 0.15) is 0 Å². The van der Waals surface area contributed by atoms with Crippen LogP contribution in [0.2, 0.25) is 0 Å². The molecule has 2 heterocycles. The Morgan fingerprint density at radius 1 is 0.727 bits per heavy atom. The Labute approximate surface area is 68.1 Å². The zero-order valence-electron chi connectivity index (χ0n) is 6.96. The predicted octanol–water partition coefficient (Wildman–Crippen LogP) is 2.35. The number of hydrogen-bond donors (Lipinski definition) is 0. The zero-order chi connectivity index (χ0) is 7.26. The van der Waals surface area contributed by atoms with Crippen LogP contribution in [0.5, 0.6) is 0 Å². The summed E-state index contributed by atoms with van der Waals surface area (Å²) < 4.78 is 5.92. The van der Waals surface area contributed by atoms with Crippen molar-refractivity contribution in [2.45, 2.75) is 50.7 Å². The number of fused-ring (bicyclic) bond motifs is 5. The third-order valence-corrected chi connectivity index (χ3v) is 3.92. The maximum Gasteiger partial charge on any atom is 0.0611 e. The van der Waals surface area contributed by atoms with Crippen LogP contribution in [-0.4, -0.2) is 12.2 Å². The van der Waals surface area contributed by atoms with E-state index in [2.05, 4.69) is 0 Å². The van der Waals surface area contributed by atoms with Crippen molar-refractivity contribution in [2.24, 2.45) is 11.8 Å². The highest BCUT2D eigenvalue weighted by Crippen LogP contribution is 2.49. The molecule has 4 atom stereocenters. The van der Waals surface area contributed by atoms with Crippen molar-refractivity contribution in [1.29, 1.82) is 0 Å². The summed E-state index contributed by atoms with van der Waals surface area (Å²) in [7, 11) is 0. The first-order chi connectivity index (χ1) is 5.45. The van der Waals surface area contributed by atoms with Gasteiger partial charge in [-0.3, -0.25) is 0 Å². The largest absolute Gasteiger partial charge is 0.374 e. The van der Waals surface area contributed by atoms with E-state index in [9.17, 15) is 0 Å². The third kappa shape index (κ3) is 0.807. The van der Waals surface area contributed by atoms with E-state index in [0.29, 0.717) is 12.2 Å². The van der Waals surface area contributed by atoms with Crippen molar-refractivity contribution >= 4 is 0 Å². The molecule has 2 saturated heterocycles. The maximum atomic E-state index is 5.92. The lowest BCUT2D eigenvalue weighted by atomic mass is 9.71. The molecule has 0 aromatic heterocycles. The number of ether oxygens (including phenoxy) is 1. The standard InChI is InChI=1S/C10H16O/c1-2-4-8-7(3-1)9-5-6-10(8)11-9/h7-10H,1-6H2/t7-,8-,9+,10+/m1/s1. The molecule has 1 nitrogen and oxygen atoms in total. The summed E-state index contributed by atoms with van der Waals surface area (Å²) >= 11 is 0. The summed E-state index contributed by atoms with van der Waals surface area (Å²) in [5.41, 5.74) is 0. The van der Waals surface area contributed by atoms with Gasteiger partial charge in [0.25, 0.3) is 0 Å². The van der Waals surface area contributed by atoms with E-state index in [4.69, 9.17) is 4.74 Å². The van der Waals surface area contributed by atoms with Crippen LogP contribution >= 0.6 is 0 Å². The Morgan fingerprint density at radius 2 is 1.27 bits per heavy atom. The summed E-state index contributed by atoms with van der Waals surface area (Å²) in [4.78, 5) is 0. The van der Waals surface area contributed by atoms with Crippen LogP contribution in [0.4, 0.5) is 0 Å². The summed E-state index contributed by atoms with van der Waals surface area (Å²) in [6, 6.07) is 0. The average molecular weight is 152 g/mol. The Kier molecular flexibility index (Phi) is 1.31. The lowest BCUT2D eigenvalue weighted by Gasteiger charge is -2.31. The fourth-order valence-corrected chi connectivity index (χ4v) is 3.43. The van der Waals surface area contributed by atoms with Crippen LogP contribution < -0.4 is 0 Å².